The first-order valence-corrected chi connectivity index (χ1v) is 6.17. The van der Waals surface area contributed by atoms with Crippen LogP contribution in [0, 0.1) is 5.92 Å². The number of halogens is 1. The molecule has 0 radical (unpaired) electrons. The number of amides is 1. The molecular formula is C14H23ClN2O. The van der Waals surface area contributed by atoms with Gasteiger partial charge in [-0.2, -0.15) is 0 Å². The maximum Gasteiger partial charge on any atom is 0.221 e. The first-order chi connectivity index (χ1) is 8.15. The standard InChI is InChI=1S/C14H22N2O.ClH/c1-11(2)13(10-16-14(17)8-9-15)12-6-4-3-5-7-12;/h3-7,11,13H,8-10,15H2,1-2H3,(H,16,17);1H. The van der Waals surface area contributed by atoms with Gasteiger partial charge in [-0.3, -0.25) is 4.79 Å². The summed E-state index contributed by atoms with van der Waals surface area (Å²) in [6.45, 7) is 5.43. The molecule has 3 N–H and O–H groups in total. The van der Waals surface area contributed by atoms with E-state index in [1.807, 2.05) is 18.2 Å². The van der Waals surface area contributed by atoms with Crippen LogP contribution in [0.4, 0.5) is 0 Å². The summed E-state index contributed by atoms with van der Waals surface area (Å²) >= 11 is 0. The quantitative estimate of drug-likeness (QED) is 0.834. The van der Waals surface area contributed by atoms with E-state index in [0.717, 1.165) is 0 Å². The largest absolute Gasteiger partial charge is 0.355 e. The van der Waals surface area contributed by atoms with Crippen molar-refractivity contribution in [2.45, 2.75) is 26.2 Å². The molecule has 1 unspecified atom stereocenters. The molecule has 0 spiro atoms. The molecule has 4 heteroatoms. The lowest BCUT2D eigenvalue weighted by atomic mass is 9.88. The van der Waals surface area contributed by atoms with Gasteiger partial charge in [-0.15, -0.1) is 12.4 Å². The number of carbonyl (C=O) groups is 1. The summed E-state index contributed by atoms with van der Waals surface area (Å²) in [5.74, 6) is 0.891. The maximum absolute atomic E-state index is 11.4. The molecule has 102 valence electrons. The summed E-state index contributed by atoms with van der Waals surface area (Å²) in [5, 5.41) is 2.94. The second-order valence-corrected chi connectivity index (χ2v) is 4.60. The second-order valence-electron chi connectivity index (χ2n) is 4.60. The Bertz CT molecular complexity index is 341. The van der Waals surface area contributed by atoms with Gasteiger partial charge in [0.05, 0.1) is 0 Å². The van der Waals surface area contributed by atoms with Gasteiger partial charge in [-0.1, -0.05) is 44.2 Å². The molecule has 0 fully saturated rings. The average molecular weight is 271 g/mol. The van der Waals surface area contributed by atoms with Crippen LogP contribution in [0.5, 0.6) is 0 Å². The SMILES string of the molecule is CC(C)C(CNC(=O)CCN)c1ccccc1.Cl. The fourth-order valence-electron chi connectivity index (χ4n) is 1.88. The lowest BCUT2D eigenvalue weighted by Crippen LogP contribution is -2.31. The molecule has 1 aromatic rings. The average Bonchev–Trinajstić information content (AvgIpc) is 2.30. The Labute approximate surface area is 116 Å². The number of hydrogen-bond donors (Lipinski definition) is 2. The number of nitrogens with one attached hydrogen (secondary N) is 1. The van der Waals surface area contributed by atoms with Gasteiger partial charge in [-0.05, 0) is 11.5 Å². The molecule has 0 heterocycles. The first kappa shape index (κ1) is 16.9. The molecule has 0 aromatic heterocycles. The van der Waals surface area contributed by atoms with E-state index in [2.05, 4.69) is 31.3 Å². The van der Waals surface area contributed by atoms with E-state index in [9.17, 15) is 4.79 Å². The highest BCUT2D eigenvalue weighted by molar-refractivity contribution is 5.85. The zero-order valence-corrected chi connectivity index (χ0v) is 11.9. The van der Waals surface area contributed by atoms with E-state index in [1.165, 1.54) is 5.56 Å². The van der Waals surface area contributed by atoms with Crippen LogP contribution in [0.2, 0.25) is 0 Å². The van der Waals surface area contributed by atoms with Crippen LogP contribution in [0.15, 0.2) is 30.3 Å². The van der Waals surface area contributed by atoms with Gasteiger partial charge >= 0.3 is 0 Å². The van der Waals surface area contributed by atoms with Crippen LogP contribution in [0.3, 0.4) is 0 Å². The van der Waals surface area contributed by atoms with Gasteiger partial charge in [0.15, 0.2) is 0 Å². The lowest BCUT2D eigenvalue weighted by Gasteiger charge is -2.21. The van der Waals surface area contributed by atoms with Crippen molar-refractivity contribution in [1.82, 2.24) is 5.32 Å². The van der Waals surface area contributed by atoms with Gasteiger partial charge < -0.3 is 11.1 Å². The van der Waals surface area contributed by atoms with Crippen molar-refractivity contribution in [3.8, 4) is 0 Å². The Morgan fingerprint density at radius 3 is 2.39 bits per heavy atom. The monoisotopic (exact) mass is 270 g/mol. The molecular weight excluding hydrogens is 248 g/mol. The molecule has 3 nitrogen and oxygen atoms in total. The number of benzene rings is 1. The zero-order chi connectivity index (χ0) is 12.7. The Balaban J connectivity index is 0.00000289. The fraction of sp³-hybridized carbons (Fsp3) is 0.500. The normalized spacial score (nSPS) is 11.8. The highest BCUT2D eigenvalue weighted by Crippen LogP contribution is 2.23. The van der Waals surface area contributed by atoms with E-state index in [1.54, 1.807) is 0 Å². The first-order valence-electron chi connectivity index (χ1n) is 6.17. The van der Waals surface area contributed by atoms with Crippen molar-refractivity contribution in [3.05, 3.63) is 35.9 Å². The minimum Gasteiger partial charge on any atom is -0.355 e. The molecule has 18 heavy (non-hydrogen) atoms. The Kier molecular flexibility index (Phi) is 8.42. The number of carbonyl (C=O) groups excluding carboxylic acids is 1. The van der Waals surface area contributed by atoms with Crippen molar-refractivity contribution in [2.75, 3.05) is 13.1 Å². The molecule has 1 aromatic carbocycles. The van der Waals surface area contributed by atoms with Crippen LogP contribution >= 0.6 is 12.4 Å². The van der Waals surface area contributed by atoms with Gasteiger partial charge in [0.2, 0.25) is 5.91 Å². The van der Waals surface area contributed by atoms with Crippen molar-refractivity contribution in [3.63, 3.8) is 0 Å². The molecule has 0 saturated heterocycles. The summed E-state index contributed by atoms with van der Waals surface area (Å²) in [7, 11) is 0. The maximum atomic E-state index is 11.4. The molecule has 0 aliphatic carbocycles. The van der Waals surface area contributed by atoms with Crippen LogP contribution in [-0.2, 0) is 4.79 Å². The van der Waals surface area contributed by atoms with Crippen LogP contribution in [0.1, 0.15) is 31.7 Å². The summed E-state index contributed by atoms with van der Waals surface area (Å²) in [4.78, 5) is 11.4. The van der Waals surface area contributed by atoms with Gasteiger partial charge in [-0.25, -0.2) is 0 Å². The van der Waals surface area contributed by atoms with Crippen LogP contribution in [-0.4, -0.2) is 19.0 Å². The molecule has 1 rings (SSSR count). The third-order valence-corrected chi connectivity index (χ3v) is 2.92. The second kappa shape index (κ2) is 8.95. The Hall–Kier alpha value is -1.06. The van der Waals surface area contributed by atoms with E-state index < -0.39 is 0 Å². The molecule has 0 aliphatic heterocycles. The van der Waals surface area contributed by atoms with Crippen molar-refractivity contribution in [2.24, 2.45) is 11.7 Å². The number of rotatable bonds is 6. The smallest absolute Gasteiger partial charge is 0.221 e. The molecule has 0 saturated carbocycles. The highest BCUT2D eigenvalue weighted by Gasteiger charge is 2.16. The zero-order valence-electron chi connectivity index (χ0n) is 11.1. The predicted octanol–water partition coefficient (Wildman–Crippen LogP) is 2.31. The van der Waals surface area contributed by atoms with Crippen molar-refractivity contribution < 1.29 is 4.79 Å². The Morgan fingerprint density at radius 1 is 1.28 bits per heavy atom. The van der Waals surface area contributed by atoms with Gasteiger partial charge in [0.1, 0.15) is 0 Å². The minimum atomic E-state index is 0. The van der Waals surface area contributed by atoms with Crippen LogP contribution in [0.25, 0.3) is 0 Å². The molecule has 1 atom stereocenters. The predicted molar refractivity (Wildman–Crippen MR) is 78.0 cm³/mol. The van der Waals surface area contributed by atoms with E-state index in [-0.39, 0.29) is 18.3 Å². The third kappa shape index (κ3) is 5.52. The van der Waals surface area contributed by atoms with E-state index in [0.29, 0.717) is 31.3 Å². The summed E-state index contributed by atoms with van der Waals surface area (Å²) in [6.07, 6.45) is 0.402. The summed E-state index contributed by atoms with van der Waals surface area (Å²) in [5.41, 5.74) is 6.62. The summed E-state index contributed by atoms with van der Waals surface area (Å²) < 4.78 is 0. The van der Waals surface area contributed by atoms with E-state index in [4.69, 9.17) is 5.73 Å². The molecule has 1 amide bonds. The third-order valence-electron chi connectivity index (χ3n) is 2.92. The summed E-state index contributed by atoms with van der Waals surface area (Å²) in [6, 6.07) is 10.3. The minimum absolute atomic E-state index is 0. The van der Waals surface area contributed by atoms with Gasteiger partial charge in [0.25, 0.3) is 0 Å². The van der Waals surface area contributed by atoms with Gasteiger partial charge in [0, 0.05) is 25.4 Å². The fourth-order valence-corrected chi connectivity index (χ4v) is 1.88. The molecule has 0 aliphatic rings. The van der Waals surface area contributed by atoms with Crippen molar-refractivity contribution in [1.29, 1.82) is 0 Å². The molecule has 0 bridgehead atoms. The topological polar surface area (TPSA) is 55.1 Å². The Morgan fingerprint density at radius 2 is 1.89 bits per heavy atom. The van der Waals surface area contributed by atoms with Crippen LogP contribution < -0.4 is 11.1 Å². The highest BCUT2D eigenvalue weighted by atomic mass is 35.5. The lowest BCUT2D eigenvalue weighted by molar-refractivity contribution is -0.121. The van der Waals surface area contributed by atoms with Crippen molar-refractivity contribution >= 4 is 18.3 Å². The number of hydrogen-bond acceptors (Lipinski definition) is 2. The number of nitrogens with two attached hydrogens (primary N) is 1. The van der Waals surface area contributed by atoms with E-state index >= 15 is 0 Å².